The lowest BCUT2D eigenvalue weighted by Gasteiger charge is -2.26. The second-order valence-corrected chi connectivity index (χ2v) is 4.33. The van der Waals surface area contributed by atoms with Gasteiger partial charge in [0.15, 0.2) is 0 Å². The van der Waals surface area contributed by atoms with Crippen molar-refractivity contribution in [1.82, 2.24) is 5.32 Å². The first-order chi connectivity index (χ1) is 6.25. The topological polar surface area (TPSA) is 49.3 Å². The molecule has 3 nitrogen and oxygen atoms in total. The van der Waals surface area contributed by atoms with E-state index in [1.54, 1.807) is 6.08 Å². The molecule has 0 aromatic heterocycles. The van der Waals surface area contributed by atoms with E-state index in [4.69, 9.17) is 5.11 Å². The zero-order valence-electron chi connectivity index (χ0n) is 9.93. The van der Waals surface area contributed by atoms with E-state index >= 15 is 0 Å². The summed E-state index contributed by atoms with van der Waals surface area (Å²) in [6, 6.07) is 0. The Morgan fingerprint density at radius 2 is 1.71 bits per heavy atom. The first-order valence-electron chi connectivity index (χ1n) is 5.01. The van der Waals surface area contributed by atoms with Gasteiger partial charge in [-0.15, -0.1) is 0 Å². The first-order valence-corrected chi connectivity index (χ1v) is 5.01. The Morgan fingerprint density at radius 1 is 1.29 bits per heavy atom. The average molecular weight is 199 g/mol. The SMILES string of the molecule is CC.CC1(C)C=C(C(=O)O)C(C)(C)N1. The van der Waals surface area contributed by atoms with Crippen LogP contribution in [0.4, 0.5) is 0 Å². The molecule has 1 rings (SSSR count). The molecule has 14 heavy (non-hydrogen) atoms. The number of aliphatic carboxylic acids is 1. The van der Waals surface area contributed by atoms with Gasteiger partial charge in [0.1, 0.15) is 0 Å². The fourth-order valence-corrected chi connectivity index (χ4v) is 1.78. The van der Waals surface area contributed by atoms with Crippen LogP contribution in [0.25, 0.3) is 0 Å². The van der Waals surface area contributed by atoms with Gasteiger partial charge in [-0.1, -0.05) is 19.9 Å². The smallest absolute Gasteiger partial charge is 0.333 e. The second kappa shape index (κ2) is 4.13. The fraction of sp³-hybridized carbons (Fsp3) is 0.727. The van der Waals surface area contributed by atoms with Crippen molar-refractivity contribution in [3.8, 4) is 0 Å². The number of carboxylic acid groups (broad SMARTS) is 1. The largest absolute Gasteiger partial charge is 0.478 e. The first kappa shape index (κ1) is 13.2. The normalized spacial score (nSPS) is 22.0. The third kappa shape index (κ3) is 2.84. The van der Waals surface area contributed by atoms with Gasteiger partial charge in [-0.25, -0.2) is 4.79 Å². The molecule has 0 atom stereocenters. The van der Waals surface area contributed by atoms with E-state index < -0.39 is 11.5 Å². The van der Waals surface area contributed by atoms with Crippen LogP contribution in [0, 0.1) is 0 Å². The van der Waals surface area contributed by atoms with E-state index in [-0.39, 0.29) is 5.54 Å². The maximum atomic E-state index is 10.8. The summed E-state index contributed by atoms with van der Waals surface area (Å²) in [6.45, 7) is 11.7. The predicted octanol–water partition coefficient (Wildman–Crippen LogP) is 2.18. The molecule has 0 spiro atoms. The molecule has 0 aromatic carbocycles. The average Bonchev–Trinajstić information content (AvgIpc) is 2.23. The molecule has 3 heteroatoms. The van der Waals surface area contributed by atoms with Crippen molar-refractivity contribution in [3.05, 3.63) is 11.6 Å². The van der Waals surface area contributed by atoms with Crippen molar-refractivity contribution in [2.75, 3.05) is 0 Å². The third-order valence-corrected chi connectivity index (χ3v) is 2.04. The lowest BCUT2D eigenvalue weighted by atomic mass is 9.97. The molecule has 82 valence electrons. The molecule has 0 aromatic rings. The van der Waals surface area contributed by atoms with Gasteiger partial charge in [0.2, 0.25) is 0 Å². The molecule has 0 saturated heterocycles. The Balaban J connectivity index is 0.000000791. The highest BCUT2D eigenvalue weighted by atomic mass is 16.4. The van der Waals surface area contributed by atoms with E-state index in [2.05, 4.69) is 5.32 Å². The zero-order valence-corrected chi connectivity index (χ0v) is 9.93. The summed E-state index contributed by atoms with van der Waals surface area (Å²) in [7, 11) is 0. The number of hydrogen-bond acceptors (Lipinski definition) is 2. The number of nitrogens with one attached hydrogen (secondary N) is 1. The number of hydrogen-bond donors (Lipinski definition) is 2. The van der Waals surface area contributed by atoms with Crippen LogP contribution >= 0.6 is 0 Å². The van der Waals surface area contributed by atoms with Crippen molar-refractivity contribution in [2.45, 2.75) is 52.6 Å². The van der Waals surface area contributed by atoms with Crippen molar-refractivity contribution in [3.63, 3.8) is 0 Å². The molecule has 0 unspecified atom stereocenters. The number of carbonyl (C=O) groups is 1. The lowest BCUT2D eigenvalue weighted by molar-refractivity contribution is -0.133. The van der Waals surface area contributed by atoms with E-state index in [0.717, 1.165) is 0 Å². The Kier molecular flexibility index (Phi) is 3.89. The molecule has 0 bridgehead atoms. The summed E-state index contributed by atoms with van der Waals surface area (Å²) in [5.41, 5.74) is -0.181. The molecule has 2 N–H and O–H groups in total. The second-order valence-electron chi connectivity index (χ2n) is 4.33. The summed E-state index contributed by atoms with van der Waals surface area (Å²) in [6.07, 6.45) is 1.77. The molecular formula is C11H21NO2. The third-order valence-electron chi connectivity index (χ3n) is 2.04. The Labute approximate surface area is 86.2 Å². The van der Waals surface area contributed by atoms with Gasteiger partial charge in [0.05, 0.1) is 5.57 Å². The molecule has 1 aliphatic heterocycles. The van der Waals surface area contributed by atoms with Crippen LogP contribution in [-0.2, 0) is 4.79 Å². The van der Waals surface area contributed by atoms with Gasteiger partial charge in [0, 0.05) is 11.1 Å². The van der Waals surface area contributed by atoms with Gasteiger partial charge >= 0.3 is 5.97 Å². The van der Waals surface area contributed by atoms with Gasteiger partial charge in [-0.2, -0.15) is 0 Å². The van der Waals surface area contributed by atoms with E-state index in [9.17, 15) is 4.79 Å². The number of rotatable bonds is 1. The van der Waals surface area contributed by atoms with Crippen LogP contribution in [0.2, 0.25) is 0 Å². The minimum Gasteiger partial charge on any atom is -0.478 e. The summed E-state index contributed by atoms with van der Waals surface area (Å²) in [5.74, 6) is -0.835. The zero-order chi connectivity index (χ0) is 11.6. The van der Waals surface area contributed by atoms with Gasteiger partial charge < -0.3 is 5.11 Å². The van der Waals surface area contributed by atoms with Crippen molar-refractivity contribution in [2.24, 2.45) is 0 Å². The van der Waals surface area contributed by atoms with Crippen LogP contribution in [0.3, 0.4) is 0 Å². The Morgan fingerprint density at radius 3 is 1.86 bits per heavy atom. The number of carboxylic acids is 1. The monoisotopic (exact) mass is 199 g/mol. The van der Waals surface area contributed by atoms with Crippen LogP contribution in [0.5, 0.6) is 0 Å². The Bertz CT molecular complexity index is 252. The fourth-order valence-electron chi connectivity index (χ4n) is 1.78. The van der Waals surface area contributed by atoms with E-state index in [1.165, 1.54) is 0 Å². The molecule has 0 saturated carbocycles. The lowest BCUT2D eigenvalue weighted by Crippen LogP contribution is -2.46. The van der Waals surface area contributed by atoms with Crippen molar-refractivity contribution < 1.29 is 9.90 Å². The van der Waals surface area contributed by atoms with Gasteiger partial charge in [0.25, 0.3) is 0 Å². The maximum Gasteiger partial charge on any atom is 0.333 e. The predicted molar refractivity (Wildman–Crippen MR) is 58.4 cm³/mol. The summed E-state index contributed by atoms with van der Waals surface area (Å²) in [4.78, 5) is 10.8. The van der Waals surface area contributed by atoms with Crippen LogP contribution in [0.15, 0.2) is 11.6 Å². The van der Waals surface area contributed by atoms with Crippen molar-refractivity contribution >= 4 is 5.97 Å². The Hall–Kier alpha value is -0.830. The van der Waals surface area contributed by atoms with Crippen LogP contribution < -0.4 is 5.32 Å². The molecule has 0 radical (unpaired) electrons. The van der Waals surface area contributed by atoms with Crippen LogP contribution in [-0.4, -0.2) is 22.2 Å². The van der Waals surface area contributed by atoms with E-state index in [1.807, 2.05) is 41.5 Å². The molecule has 1 heterocycles. The highest BCUT2D eigenvalue weighted by molar-refractivity contribution is 5.90. The molecule has 1 aliphatic rings. The summed E-state index contributed by atoms with van der Waals surface area (Å²) < 4.78 is 0. The highest BCUT2D eigenvalue weighted by Gasteiger charge is 2.39. The molecule has 0 amide bonds. The quantitative estimate of drug-likeness (QED) is 0.680. The van der Waals surface area contributed by atoms with Crippen molar-refractivity contribution in [1.29, 1.82) is 0 Å². The van der Waals surface area contributed by atoms with Gasteiger partial charge in [-0.05, 0) is 27.7 Å². The van der Waals surface area contributed by atoms with E-state index in [0.29, 0.717) is 5.57 Å². The van der Waals surface area contributed by atoms with Gasteiger partial charge in [-0.3, -0.25) is 5.32 Å². The molecular weight excluding hydrogens is 178 g/mol. The standard InChI is InChI=1S/C9H15NO2.C2H6/c1-8(2)5-6(7(11)12)9(3,4)10-8;1-2/h5,10H,1-4H3,(H,11,12);1-2H3. The minimum atomic E-state index is -0.835. The van der Waals surface area contributed by atoms with Crippen LogP contribution in [0.1, 0.15) is 41.5 Å². The molecule has 0 aliphatic carbocycles. The minimum absolute atomic E-state index is 0.211. The summed E-state index contributed by atoms with van der Waals surface area (Å²) in [5, 5.41) is 12.1. The highest BCUT2D eigenvalue weighted by Crippen LogP contribution is 2.29. The maximum absolute atomic E-state index is 10.8. The summed E-state index contributed by atoms with van der Waals surface area (Å²) >= 11 is 0. The molecule has 0 fully saturated rings.